The number of hydrogen-bond donors (Lipinski definition) is 2. The summed E-state index contributed by atoms with van der Waals surface area (Å²) >= 11 is 0. The number of aromatic nitrogens is 2. The summed E-state index contributed by atoms with van der Waals surface area (Å²) in [6.07, 6.45) is 0.998. The molecule has 0 aliphatic rings. The minimum Gasteiger partial charge on any atom is -0.370 e. The van der Waals surface area contributed by atoms with Gasteiger partial charge in [-0.3, -0.25) is 4.79 Å². The lowest BCUT2D eigenvalue weighted by molar-refractivity contribution is 0.102. The molecule has 6 nitrogen and oxygen atoms in total. The molecule has 146 valence electrons. The van der Waals surface area contributed by atoms with E-state index in [4.69, 9.17) is 0 Å². The number of nitrogens with one attached hydrogen (secondary N) is 2. The van der Waals surface area contributed by atoms with E-state index in [-0.39, 0.29) is 11.3 Å². The second-order valence-electron chi connectivity index (χ2n) is 8.05. The van der Waals surface area contributed by atoms with Crippen molar-refractivity contribution >= 4 is 17.4 Å². The molecule has 0 radical (unpaired) electrons. The monoisotopic (exact) mass is 369 g/mol. The molecule has 0 saturated heterocycles. The van der Waals surface area contributed by atoms with Crippen molar-refractivity contribution in [1.29, 1.82) is 0 Å². The van der Waals surface area contributed by atoms with Crippen molar-refractivity contribution in [1.82, 2.24) is 14.9 Å². The average Bonchev–Trinajstić information content (AvgIpc) is 2.58. The molecule has 1 heterocycles. The average molecular weight is 370 g/mol. The normalized spacial score (nSPS) is 11.5. The van der Waals surface area contributed by atoms with Gasteiger partial charge in [-0.1, -0.05) is 32.9 Å². The van der Waals surface area contributed by atoms with Crippen molar-refractivity contribution in [2.24, 2.45) is 0 Å². The molecule has 6 heteroatoms. The van der Waals surface area contributed by atoms with Crippen molar-refractivity contribution in [3.8, 4) is 0 Å². The molecule has 2 N–H and O–H groups in total. The van der Waals surface area contributed by atoms with Gasteiger partial charge in [0.05, 0.1) is 0 Å². The molecule has 0 saturated carbocycles. The Bertz CT molecular complexity index is 763. The topological polar surface area (TPSA) is 70.2 Å². The van der Waals surface area contributed by atoms with Crippen LogP contribution in [-0.2, 0) is 5.41 Å². The van der Waals surface area contributed by atoms with E-state index in [1.54, 1.807) is 13.0 Å². The van der Waals surface area contributed by atoms with Gasteiger partial charge in [0.1, 0.15) is 17.3 Å². The van der Waals surface area contributed by atoms with E-state index in [2.05, 4.69) is 46.3 Å². The van der Waals surface area contributed by atoms with Crippen LogP contribution in [0.5, 0.6) is 0 Å². The summed E-state index contributed by atoms with van der Waals surface area (Å²) in [5.74, 6) is 1.01. The van der Waals surface area contributed by atoms with Gasteiger partial charge in [0.25, 0.3) is 5.91 Å². The molecule has 2 rings (SSSR count). The van der Waals surface area contributed by atoms with Crippen LogP contribution < -0.4 is 10.6 Å². The minimum atomic E-state index is -0.236. The molecule has 0 fully saturated rings. The smallest absolute Gasteiger partial charge is 0.274 e. The lowest BCUT2D eigenvalue weighted by Gasteiger charge is -2.19. The lowest BCUT2D eigenvalue weighted by Crippen LogP contribution is -2.18. The first-order valence-electron chi connectivity index (χ1n) is 9.31. The van der Waals surface area contributed by atoms with Gasteiger partial charge in [0.2, 0.25) is 0 Å². The quantitative estimate of drug-likeness (QED) is 0.728. The predicted molar refractivity (Wildman–Crippen MR) is 112 cm³/mol. The SMILES string of the molecule is Cc1nc(NCCCN(C)C)cc(C(=O)Nc2ccc(C(C)(C)C)cc2)n1. The minimum absolute atomic E-state index is 0.0828. The second-order valence-corrected chi connectivity index (χ2v) is 8.05. The third-order valence-electron chi connectivity index (χ3n) is 4.17. The Hall–Kier alpha value is -2.47. The van der Waals surface area contributed by atoms with Gasteiger partial charge >= 0.3 is 0 Å². The Morgan fingerprint density at radius 1 is 1.11 bits per heavy atom. The fraction of sp³-hybridized carbons (Fsp3) is 0.476. The fourth-order valence-electron chi connectivity index (χ4n) is 2.64. The summed E-state index contributed by atoms with van der Waals surface area (Å²) in [4.78, 5) is 23.4. The second kappa shape index (κ2) is 8.95. The van der Waals surface area contributed by atoms with Crippen LogP contribution in [0.2, 0.25) is 0 Å². The maximum Gasteiger partial charge on any atom is 0.274 e. The Kier molecular flexibility index (Phi) is 6.91. The summed E-state index contributed by atoms with van der Waals surface area (Å²) in [6, 6.07) is 9.62. The van der Waals surface area contributed by atoms with E-state index in [1.807, 2.05) is 38.4 Å². The molecule has 27 heavy (non-hydrogen) atoms. The third kappa shape index (κ3) is 6.64. The number of benzene rings is 1. The van der Waals surface area contributed by atoms with Crippen LogP contribution in [-0.4, -0.2) is 48.0 Å². The highest BCUT2D eigenvalue weighted by molar-refractivity contribution is 6.03. The van der Waals surface area contributed by atoms with Crippen molar-refractivity contribution in [3.63, 3.8) is 0 Å². The zero-order chi connectivity index (χ0) is 20.0. The molecular weight excluding hydrogens is 338 g/mol. The van der Waals surface area contributed by atoms with Gasteiger partial charge in [-0.25, -0.2) is 9.97 Å². The van der Waals surface area contributed by atoms with Crippen LogP contribution in [0.15, 0.2) is 30.3 Å². The number of hydrogen-bond acceptors (Lipinski definition) is 5. The summed E-state index contributed by atoms with van der Waals surface area (Å²) in [6.45, 7) is 10.1. The molecule has 0 aliphatic heterocycles. The summed E-state index contributed by atoms with van der Waals surface area (Å²) < 4.78 is 0. The number of rotatable bonds is 7. The van der Waals surface area contributed by atoms with Crippen LogP contribution >= 0.6 is 0 Å². The highest BCUT2D eigenvalue weighted by Crippen LogP contribution is 2.23. The Morgan fingerprint density at radius 2 is 1.78 bits per heavy atom. The van der Waals surface area contributed by atoms with Crippen molar-refractivity contribution in [2.75, 3.05) is 37.8 Å². The van der Waals surface area contributed by atoms with Gasteiger partial charge in [-0.2, -0.15) is 0 Å². The summed E-state index contributed by atoms with van der Waals surface area (Å²) in [5, 5.41) is 6.18. The Labute approximate surface area is 162 Å². The maximum atomic E-state index is 12.6. The Balaban J connectivity index is 2.03. The van der Waals surface area contributed by atoms with E-state index >= 15 is 0 Å². The first kappa shape index (κ1) is 20.8. The first-order chi connectivity index (χ1) is 12.6. The predicted octanol–water partition coefficient (Wildman–Crippen LogP) is 3.70. The highest BCUT2D eigenvalue weighted by atomic mass is 16.1. The fourth-order valence-corrected chi connectivity index (χ4v) is 2.64. The zero-order valence-electron chi connectivity index (χ0n) is 17.3. The van der Waals surface area contributed by atoms with Crippen LogP contribution in [0, 0.1) is 6.92 Å². The summed E-state index contributed by atoms with van der Waals surface area (Å²) in [5.41, 5.74) is 2.42. The van der Waals surface area contributed by atoms with Crippen molar-refractivity contribution in [3.05, 3.63) is 47.4 Å². The van der Waals surface area contributed by atoms with E-state index < -0.39 is 0 Å². The van der Waals surface area contributed by atoms with Gasteiger partial charge in [0, 0.05) is 18.3 Å². The van der Waals surface area contributed by atoms with Crippen LogP contribution in [0.3, 0.4) is 0 Å². The van der Waals surface area contributed by atoms with Gasteiger partial charge in [-0.15, -0.1) is 0 Å². The highest BCUT2D eigenvalue weighted by Gasteiger charge is 2.14. The first-order valence-corrected chi connectivity index (χ1v) is 9.31. The number of carbonyl (C=O) groups is 1. The molecule has 0 unspecified atom stereocenters. The molecule has 0 spiro atoms. The molecular formula is C21H31N5O. The number of amides is 1. The number of carbonyl (C=O) groups excluding carboxylic acids is 1. The molecule has 1 aromatic heterocycles. The molecule has 1 aromatic carbocycles. The number of aryl methyl sites for hydroxylation is 1. The molecule has 2 aromatic rings. The van der Waals surface area contributed by atoms with E-state index in [0.717, 1.165) is 25.2 Å². The largest absolute Gasteiger partial charge is 0.370 e. The molecule has 0 bridgehead atoms. The van der Waals surface area contributed by atoms with E-state index in [9.17, 15) is 4.79 Å². The lowest BCUT2D eigenvalue weighted by atomic mass is 9.87. The maximum absolute atomic E-state index is 12.6. The number of anilines is 2. The van der Waals surface area contributed by atoms with E-state index in [1.165, 1.54) is 5.56 Å². The van der Waals surface area contributed by atoms with Gasteiger partial charge in [0.15, 0.2) is 0 Å². The van der Waals surface area contributed by atoms with Gasteiger partial charge < -0.3 is 15.5 Å². The molecule has 0 atom stereocenters. The molecule has 0 aliphatic carbocycles. The van der Waals surface area contributed by atoms with Crippen LogP contribution in [0.4, 0.5) is 11.5 Å². The Morgan fingerprint density at radius 3 is 2.37 bits per heavy atom. The van der Waals surface area contributed by atoms with Crippen molar-refractivity contribution in [2.45, 2.75) is 39.5 Å². The zero-order valence-corrected chi connectivity index (χ0v) is 17.3. The standard InChI is InChI=1S/C21H31N5O/c1-15-23-18(14-19(24-15)22-12-7-13-26(5)6)20(27)25-17-10-8-16(9-11-17)21(2,3)4/h8-11,14H,7,12-13H2,1-6H3,(H,25,27)(H,22,23,24). The van der Waals surface area contributed by atoms with E-state index in [0.29, 0.717) is 17.3 Å². The van der Waals surface area contributed by atoms with Gasteiger partial charge in [-0.05, 0) is 57.1 Å². The number of nitrogens with zero attached hydrogens (tertiary/aromatic N) is 3. The summed E-state index contributed by atoms with van der Waals surface area (Å²) in [7, 11) is 4.09. The van der Waals surface area contributed by atoms with Crippen LogP contribution in [0.1, 0.15) is 49.1 Å². The van der Waals surface area contributed by atoms with Crippen LogP contribution in [0.25, 0.3) is 0 Å². The molecule has 1 amide bonds. The van der Waals surface area contributed by atoms with Crippen molar-refractivity contribution < 1.29 is 4.79 Å². The third-order valence-corrected chi connectivity index (χ3v) is 4.17.